The van der Waals surface area contributed by atoms with Crippen LogP contribution in [-0.2, 0) is 25.6 Å². The average molecular weight is 633 g/mol. The van der Waals surface area contributed by atoms with Crippen molar-refractivity contribution in [3.63, 3.8) is 0 Å². The summed E-state index contributed by atoms with van der Waals surface area (Å²) in [4.78, 5) is 38.5. The molecule has 45 heavy (non-hydrogen) atoms. The van der Waals surface area contributed by atoms with Gasteiger partial charge >= 0.3 is 17.9 Å². The van der Waals surface area contributed by atoms with Gasteiger partial charge in [-0.1, -0.05) is 0 Å². The summed E-state index contributed by atoms with van der Waals surface area (Å²) in [6, 6.07) is 5.57. The predicted octanol–water partition coefficient (Wildman–Crippen LogP) is 0.794. The quantitative estimate of drug-likeness (QED) is 0.0943. The van der Waals surface area contributed by atoms with Crippen molar-refractivity contribution < 1.29 is 79.3 Å². The van der Waals surface area contributed by atoms with Crippen LogP contribution < -0.4 is 0 Å². The highest BCUT2D eigenvalue weighted by molar-refractivity contribution is 5.92. The molecule has 4 unspecified atom stereocenters. The van der Waals surface area contributed by atoms with Gasteiger partial charge in [0.25, 0.3) is 0 Å². The minimum Gasteiger partial charge on any atom is -0.504 e. The molecule has 4 rings (SSSR count). The number of esters is 3. The number of aromatic hydroxyl groups is 7. The first-order valence-electron chi connectivity index (χ1n) is 13.0. The zero-order chi connectivity index (χ0) is 33.2. The molecular weight excluding hydrogens is 604 g/mol. The van der Waals surface area contributed by atoms with Crippen molar-refractivity contribution in [2.24, 2.45) is 0 Å². The number of hydrogen-bond donors (Lipinski definition) is 9. The molecule has 1 aliphatic rings. The van der Waals surface area contributed by atoms with E-state index < -0.39 is 108 Å². The Labute approximate surface area is 253 Å². The van der Waals surface area contributed by atoms with Crippen molar-refractivity contribution in [1.29, 1.82) is 0 Å². The van der Waals surface area contributed by atoms with E-state index in [4.69, 9.17) is 18.9 Å². The van der Waals surface area contributed by atoms with E-state index in [9.17, 15) is 60.3 Å². The fourth-order valence-electron chi connectivity index (χ4n) is 4.39. The van der Waals surface area contributed by atoms with Gasteiger partial charge in [-0.3, -0.25) is 0 Å². The van der Waals surface area contributed by atoms with Crippen molar-refractivity contribution in [3.8, 4) is 40.2 Å². The van der Waals surface area contributed by atoms with Crippen LogP contribution in [0.4, 0.5) is 0 Å². The van der Waals surface area contributed by atoms with Gasteiger partial charge in [0, 0.05) is 5.56 Å². The molecule has 4 atom stereocenters. The molecule has 1 saturated heterocycles. The third kappa shape index (κ3) is 6.87. The number of hydrogen-bond acceptors (Lipinski definition) is 16. The second-order valence-electron chi connectivity index (χ2n) is 9.96. The van der Waals surface area contributed by atoms with Gasteiger partial charge < -0.3 is 64.9 Å². The second kappa shape index (κ2) is 13.0. The maximum Gasteiger partial charge on any atom is 0.338 e. The molecule has 0 aliphatic carbocycles. The minimum atomic E-state index is -1.84. The first-order chi connectivity index (χ1) is 21.2. The fourth-order valence-corrected chi connectivity index (χ4v) is 4.39. The van der Waals surface area contributed by atoms with E-state index >= 15 is 0 Å². The van der Waals surface area contributed by atoms with E-state index in [1.807, 2.05) is 0 Å². The Kier molecular flexibility index (Phi) is 9.41. The molecular formula is C29H28O16. The Hall–Kier alpha value is -5.45. The lowest BCUT2D eigenvalue weighted by Crippen LogP contribution is -2.57. The third-order valence-corrected chi connectivity index (χ3v) is 6.83. The normalized spacial score (nSPS) is 19.4. The van der Waals surface area contributed by atoms with Gasteiger partial charge in [-0.25, -0.2) is 14.4 Å². The summed E-state index contributed by atoms with van der Waals surface area (Å²) in [6.45, 7) is -0.526. The second-order valence-corrected chi connectivity index (χ2v) is 9.96. The topological polar surface area (TPSA) is 270 Å². The van der Waals surface area contributed by atoms with Crippen LogP contribution >= 0.6 is 0 Å². The van der Waals surface area contributed by atoms with Gasteiger partial charge in [0.15, 0.2) is 52.5 Å². The van der Waals surface area contributed by atoms with E-state index in [0.29, 0.717) is 0 Å². The molecule has 240 valence electrons. The molecule has 0 amide bonds. The Morgan fingerprint density at radius 2 is 1.24 bits per heavy atom. The van der Waals surface area contributed by atoms with Crippen LogP contribution in [0.1, 0.15) is 42.2 Å². The van der Waals surface area contributed by atoms with Gasteiger partial charge in [-0.2, -0.15) is 0 Å². The molecule has 0 saturated carbocycles. The molecule has 3 aromatic carbocycles. The van der Waals surface area contributed by atoms with E-state index in [1.165, 1.54) is 13.0 Å². The number of aliphatic hydroxyl groups excluding tert-OH is 2. The Balaban J connectivity index is 1.57. The summed E-state index contributed by atoms with van der Waals surface area (Å²) in [5.74, 6) is -8.47. The number of aliphatic hydroxyl groups is 2. The molecule has 1 aliphatic heterocycles. The van der Waals surface area contributed by atoms with Crippen LogP contribution in [0.2, 0.25) is 0 Å². The highest BCUT2D eigenvalue weighted by Gasteiger charge is 2.45. The summed E-state index contributed by atoms with van der Waals surface area (Å²) in [5.41, 5.74) is -1.02. The maximum absolute atomic E-state index is 13.1. The number of carbonyl (C=O) groups excluding carboxylic acids is 3. The largest absolute Gasteiger partial charge is 0.504 e. The van der Waals surface area contributed by atoms with E-state index in [2.05, 4.69) is 0 Å². The summed E-state index contributed by atoms with van der Waals surface area (Å²) < 4.78 is 21.4. The zero-order valence-electron chi connectivity index (χ0n) is 23.3. The van der Waals surface area contributed by atoms with Crippen LogP contribution in [0.25, 0.3) is 0 Å². The summed E-state index contributed by atoms with van der Waals surface area (Å²) in [7, 11) is 0. The van der Waals surface area contributed by atoms with Gasteiger partial charge in [-0.05, 0) is 48.9 Å². The lowest BCUT2D eigenvalue weighted by Gasteiger charge is -2.38. The lowest BCUT2D eigenvalue weighted by molar-refractivity contribution is -0.196. The number of ether oxygens (including phenoxy) is 4. The van der Waals surface area contributed by atoms with Crippen LogP contribution in [0.15, 0.2) is 36.4 Å². The van der Waals surface area contributed by atoms with Crippen LogP contribution in [-0.4, -0.2) is 101 Å². The number of phenolic OH excluding ortho intramolecular Hbond substituents is 6. The third-order valence-electron chi connectivity index (χ3n) is 6.83. The molecule has 16 nitrogen and oxygen atoms in total. The van der Waals surface area contributed by atoms with Crippen molar-refractivity contribution in [1.82, 2.24) is 0 Å². The number of rotatable bonds is 8. The maximum atomic E-state index is 13.1. The van der Waals surface area contributed by atoms with Crippen molar-refractivity contribution in [3.05, 3.63) is 64.2 Å². The van der Waals surface area contributed by atoms with Crippen molar-refractivity contribution in [2.45, 2.75) is 37.9 Å². The first-order valence-corrected chi connectivity index (χ1v) is 13.0. The Morgan fingerprint density at radius 1 is 0.733 bits per heavy atom. The summed E-state index contributed by atoms with van der Waals surface area (Å²) >= 11 is 0. The van der Waals surface area contributed by atoms with Crippen LogP contribution in [0, 0.1) is 6.92 Å². The molecule has 0 aromatic heterocycles. The zero-order valence-corrected chi connectivity index (χ0v) is 23.3. The molecule has 0 radical (unpaired) electrons. The Bertz CT molecular complexity index is 1590. The van der Waals surface area contributed by atoms with Crippen LogP contribution in [0.3, 0.4) is 0 Å². The standard InChI is InChI=1S/C29H28O16/c1-11-2-12(4-16(31)22(11)35)27(39)43-9-20-25(38)26(45-29(41)13-3-15(8-30)23(36)17(32)5-13)21(10-42-20)44-28(40)14-6-18(33)24(37)19(34)7-14/h2-7,20-21,25-26,30-38H,8-10H2,1H3. The van der Waals surface area contributed by atoms with Gasteiger partial charge in [0.05, 0.1) is 29.9 Å². The lowest BCUT2D eigenvalue weighted by atomic mass is 9.99. The van der Waals surface area contributed by atoms with Gasteiger partial charge in [0.1, 0.15) is 18.8 Å². The average Bonchev–Trinajstić information content (AvgIpc) is 3.00. The van der Waals surface area contributed by atoms with Crippen molar-refractivity contribution in [2.75, 3.05) is 13.2 Å². The van der Waals surface area contributed by atoms with Gasteiger partial charge in [0.2, 0.25) is 0 Å². The van der Waals surface area contributed by atoms with Gasteiger partial charge in [-0.15, -0.1) is 0 Å². The molecule has 1 heterocycles. The molecule has 16 heteroatoms. The number of benzene rings is 3. The summed E-state index contributed by atoms with van der Waals surface area (Å²) in [6.07, 6.45) is -6.50. The number of phenols is 7. The Morgan fingerprint density at radius 3 is 1.82 bits per heavy atom. The van der Waals surface area contributed by atoms with E-state index in [1.54, 1.807) is 0 Å². The number of carbonyl (C=O) groups is 3. The number of aryl methyl sites for hydroxylation is 1. The molecule has 0 bridgehead atoms. The smallest absolute Gasteiger partial charge is 0.338 e. The van der Waals surface area contributed by atoms with Crippen molar-refractivity contribution >= 4 is 17.9 Å². The fraction of sp³-hybridized carbons (Fsp3) is 0.276. The first kappa shape index (κ1) is 32.5. The molecule has 0 spiro atoms. The van der Waals surface area contributed by atoms with E-state index in [-0.39, 0.29) is 22.3 Å². The molecule has 1 fully saturated rings. The molecule has 9 N–H and O–H groups in total. The van der Waals surface area contributed by atoms with Crippen LogP contribution in [0.5, 0.6) is 40.2 Å². The predicted molar refractivity (Wildman–Crippen MR) is 146 cm³/mol. The highest BCUT2D eigenvalue weighted by atomic mass is 16.6. The highest BCUT2D eigenvalue weighted by Crippen LogP contribution is 2.36. The SMILES string of the molecule is Cc1cc(C(=O)OCC2OCC(OC(=O)c3cc(O)c(O)c(O)c3)C(OC(=O)c3cc(O)c(O)c(CO)c3)C2O)cc(O)c1O. The van der Waals surface area contributed by atoms with E-state index in [0.717, 1.165) is 30.3 Å². The summed E-state index contributed by atoms with van der Waals surface area (Å²) in [5, 5.41) is 88.9. The molecule has 3 aromatic rings. The minimum absolute atomic E-state index is 0.143. The monoisotopic (exact) mass is 632 g/mol.